The lowest BCUT2D eigenvalue weighted by Gasteiger charge is -2.14. The van der Waals surface area contributed by atoms with Gasteiger partial charge in [0, 0.05) is 19.0 Å². The molecule has 1 unspecified atom stereocenters. The van der Waals surface area contributed by atoms with Gasteiger partial charge in [-0.25, -0.2) is 0 Å². The molecule has 0 saturated carbocycles. The van der Waals surface area contributed by atoms with E-state index in [1.54, 1.807) is 7.11 Å². The standard InChI is InChI=1S/C10H21BrO2/c1-3-7-10(12-2)13-9-6-4-5-8-11/h10H,3-9H2,1-2H3. The smallest absolute Gasteiger partial charge is 0.157 e. The number of alkyl halides is 1. The Morgan fingerprint density at radius 3 is 2.54 bits per heavy atom. The molecule has 0 saturated heterocycles. The summed E-state index contributed by atoms with van der Waals surface area (Å²) in [5.41, 5.74) is 0. The molecule has 0 heterocycles. The fourth-order valence-corrected chi connectivity index (χ4v) is 1.49. The largest absolute Gasteiger partial charge is 0.356 e. The van der Waals surface area contributed by atoms with E-state index in [0.717, 1.165) is 31.2 Å². The molecule has 0 aliphatic rings. The summed E-state index contributed by atoms with van der Waals surface area (Å²) in [7, 11) is 1.71. The van der Waals surface area contributed by atoms with Crippen LogP contribution in [0, 0.1) is 0 Å². The van der Waals surface area contributed by atoms with Crippen LogP contribution in [-0.4, -0.2) is 25.3 Å². The highest BCUT2D eigenvalue weighted by atomic mass is 79.9. The van der Waals surface area contributed by atoms with Crippen molar-refractivity contribution in [2.75, 3.05) is 19.0 Å². The predicted molar refractivity (Wildman–Crippen MR) is 59.3 cm³/mol. The first kappa shape index (κ1) is 13.4. The van der Waals surface area contributed by atoms with Crippen LogP contribution in [0.3, 0.4) is 0 Å². The molecule has 3 heteroatoms. The maximum Gasteiger partial charge on any atom is 0.157 e. The molecule has 1 atom stereocenters. The highest BCUT2D eigenvalue weighted by Gasteiger charge is 2.04. The van der Waals surface area contributed by atoms with Gasteiger partial charge >= 0.3 is 0 Å². The van der Waals surface area contributed by atoms with Crippen LogP contribution in [0.5, 0.6) is 0 Å². The molecule has 0 aromatic carbocycles. The number of methoxy groups -OCH3 is 1. The first-order valence-electron chi connectivity index (χ1n) is 5.05. The van der Waals surface area contributed by atoms with E-state index in [-0.39, 0.29) is 6.29 Å². The van der Waals surface area contributed by atoms with E-state index in [2.05, 4.69) is 22.9 Å². The molecule has 2 nitrogen and oxygen atoms in total. The quantitative estimate of drug-likeness (QED) is 0.356. The van der Waals surface area contributed by atoms with E-state index in [0.29, 0.717) is 0 Å². The summed E-state index contributed by atoms with van der Waals surface area (Å²) in [6, 6.07) is 0. The van der Waals surface area contributed by atoms with Gasteiger partial charge in [-0.1, -0.05) is 35.7 Å². The molecule has 0 fully saturated rings. The van der Waals surface area contributed by atoms with Crippen LogP contribution >= 0.6 is 15.9 Å². The molecule has 80 valence electrons. The summed E-state index contributed by atoms with van der Waals surface area (Å²) in [5, 5.41) is 1.09. The Kier molecular flexibility index (Phi) is 10.8. The van der Waals surface area contributed by atoms with Gasteiger partial charge in [-0.05, 0) is 19.3 Å². The van der Waals surface area contributed by atoms with E-state index in [9.17, 15) is 0 Å². The molecule has 0 aromatic rings. The summed E-state index contributed by atoms with van der Waals surface area (Å²) in [5.74, 6) is 0. The molecule has 0 amide bonds. The molecule has 0 N–H and O–H groups in total. The Morgan fingerprint density at radius 1 is 1.23 bits per heavy atom. The highest BCUT2D eigenvalue weighted by molar-refractivity contribution is 9.09. The van der Waals surface area contributed by atoms with Crippen molar-refractivity contribution in [3.8, 4) is 0 Å². The lowest BCUT2D eigenvalue weighted by atomic mass is 10.3. The normalized spacial score (nSPS) is 13.2. The summed E-state index contributed by atoms with van der Waals surface area (Å²) in [4.78, 5) is 0. The van der Waals surface area contributed by atoms with Crippen molar-refractivity contribution in [3.63, 3.8) is 0 Å². The van der Waals surface area contributed by atoms with Gasteiger partial charge in [-0.3, -0.25) is 0 Å². The zero-order valence-corrected chi connectivity index (χ0v) is 10.3. The third-order valence-corrected chi connectivity index (χ3v) is 2.43. The van der Waals surface area contributed by atoms with Crippen molar-refractivity contribution in [1.82, 2.24) is 0 Å². The lowest BCUT2D eigenvalue weighted by Crippen LogP contribution is -2.15. The van der Waals surface area contributed by atoms with Gasteiger partial charge in [-0.15, -0.1) is 0 Å². The van der Waals surface area contributed by atoms with Crippen LogP contribution in [0.2, 0.25) is 0 Å². The van der Waals surface area contributed by atoms with Gasteiger partial charge in [0.2, 0.25) is 0 Å². The summed E-state index contributed by atoms with van der Waals surface area (Å²) < 4.78 is 10.7. The van der Waals surface area contributed by atoms with Crippen LogP contribution in [0.4, 0.5) is 0 Å². The van der Waals surface area contributed by atoms with Gasteiger partial charge in [0.1, 0.15) is 0 Å². The van der Waals surface area contributed by atoms with Crippen molar-refractivity contribution < 1.29 is 9.47 Å². The van der Waals surface area contributed by atoms with Crippen molar-refractivity contribution in [1.29, 1.82) is 0 Å². The minimum absolute atomic E-state index is 0.00831. The third-order valence-electron chi connectivity index (χ3n) is 1.87. The Hall–Kier alpha value is 0.400. The number of hydrogen-bond donors (Lipinski definition) is 0. The maximum atomic E-state index is 5.54. The van der Waals surface area contributed by atoms with Crippen molar-refractivity contribution in [3.05, 3.63) is 0 Å². The first-order valence-corrected chi connectivity index (χ1v) is 6.17. The molecular weight excluding hydrogens is 232 g/mol. The molecule has 0 rings (SSSR count). The van der Waals surface area contributed by atoms with E-state index in [4.69, 9.17) is 9.47 Å². The molecule has 0 aliphatic heterocycles. The minimum Gasteiger partial charge on any atom is -0.356 e. The first-order chi connectivity index (χ1) is 6.35. The average molecular weight is 253 g/mol. The van der Waals surface area contributed by atoms with Crippen molar-refractivity contribution in [2.45, 2.75) is 45.3 Å². The van der Waals surface area contributed by atoms with E-state index in [1.807, 2.05) is 0 Å². The van der Waals surface area contributed by atoms with Gasteiger partial charge in [-0.2, -0.15) is 0 Å². The number of halogens is 1. The van der Waals surface area contributed by atoms with Gasteiger partial charge < -0.3 is 9.47 Å². The second-order valence-corrected chi connectivity index (χ2v) is 3.87. The van der Waals surface area contributed by atoms with Gasteiger partial charge in [0.25, 0.3) is 0 Å². The number of hydrogen-bond acceptors (Lipinski definition) is 2. The maximum absolute atomic E-state index is 5.54. The second kappa shape index (κ2) is 10.5. The van der Waals surface area contributed by atoms with E-state index in [1.165, 1.54) is 12.8 Å². The Labute approximate surface area is 90.1 Å². The molecule has 0 bridgehead atoms. The summed E-state index contributed by atoms with van der Waals surface area (Å²) >= 11 is 3.40. The Bertz CT molecular complexity index is 98.9. The van der Waals surface area contributed by atoms with Gasteiger partial charge in [0.15, 0.2) is 6.29 Å². The molecule has 0 radical (unpaired) electrons. The monoisotopic (exact) mass is 252 g/mol. The number of rotatable bonds is 9. The van der Waals surface area contributed by atoms with Crippen LogP contribution in [0.25, 0.3) is 0 Å². The lowest BCUT2D eigenvalue weighted by molar-refractivity contribution is -0.128. The third kappa shape index (κ3) is 8.72. The minimum atomic E-state index is 0.00831. The fourth-order valence-electron chi connectivity index (χ4n) is 1.09. The second-order valence-electron chi connectivity index (χ2n) is 3.07. The molecule has 0 aromatic heterocycles. The molecule has 0 spiro atoms. The summed E-state index contributed by atoms with van der Waals surface area (Å²) in [6.45, 7) is 2.96. The zero-order valence-electron chi connectivity index (χ0n) is 8.72. The van der Waals surface area contributed by atoms with Gasteiger partial charge in [0.05, 0.1) is 0 Å². The Balaban J connectivity index is 3.17. The SMILES string of the molecule is CCCC(OC)OCCCCCBr. The number of unbranched alkanes of at least 4 members (excludes halogenated alkanes) is 2. The predicted octanol–water partition coefficient (Wildman–Crippen LogP) is 3.34. The zero-order chi connectivity index (χ0) is 9.94. The van der Waals surface area contributed by atoms with E-state index >= 15 is 0 Å². The number of ether oxygens (including phenoxy) is 2. The summed E-state index contributed by atoms with van der Waals surface area (Å²) in [6.07, 6.45) is 5.71. The van der Waals surface area contributed by atoms with Crippen LogP contribution < -0.4 is 0 Å². The Morgan fingerprint density at radius 2 is 2.00 bits per heavy atom. The molecule has 13 heavy (non-hydrogen) atoms. The van der Waals surface area contributed by atoms with Crippen LogP contribution in [0.15, 0.2) is 0 Å². The average Bonchev–Trinajstić information content (AvgIpc) is 2.16. The molecular formula is C10H21BrO2. The topological polar surface area (TPSA) is 18.5 Å². The van der Waals surface area contributed by atoms with Crippen molar-refractivity contribution in [2.24, 2.45) is 0 Å². The van der Waals surface area contributed by atoms with Crippen LogP contribution in [0.1, 0.15) is 39.0 Å². The van der Waals surface area contributed by atoms with E-state index < -0.39 is 0 Å². The fraction of sp³-hybridized carbons (Fsp3) is 1.00. The van der Waals surface area contributed by atoms with Crippen molar-refractivity contribution >= 4 is 15.9 Å². The molecule has 0 aliphatic carbocycles. The highest BCUT2D eigenvalue weighted by Crippen LogP contribution is 2.05. The van der Waals surface area contributed by atoms with Crippen LogP contribution in [-0.2, 0) is 9.47 Å².